The van der Waals surface area contributed by atoms with Gasteiger partial charge in [0.05, 0.1) is 6.61 Å². The Labute approximate surface area is 167 Å². The topological polar surface area (TPSA) is 42.4 Å². The summed E-state index contributed by atoms with van der Waals surface area (Å²) in [5.74, 6) is -0.585. The number of hydrogen-bond acceptors (Lipinski definition) is 4. The molecule has 150 valence electrons. The van der Waals surface area contributed by atoms with Gasteiger partial charge in [0.1, 0.15) is 11.5 Å². The summed E-state index contributed by atoms with van der Waals surface area (Å²) in [6, 6.07) is 7.29. The number of aromatic nitrogens is 1. The van der Waals surface area contributed by atoms with Gasteiger partial charge in [0.25, 0.3) is 0 Å². The lowest BCUT2D eigenvalue weighted by atomic mass is 10.1. The fourth-order valence-corrected chi connectivity index (χ4v) is 3.44. The molecule has 0 fully saturated rings. The fraction of sp³-hybridized carbons (Fsp3) is 0.286. The van der Waals surface area contributed by atoms with E-state index in [1.54, 1.807) is 19.1 Å². The zero-order valence-electron chi connectivity index (χ0n) is 15.9. The Hall–Kier alpha value is -2.25. The summed E-state index contributed by atoms with van der Waals surface area (Å²) in [5.41, 5.74) is 1.80. The first-order chi connectivity index (χ1) is 13.4. The minimum atomic E-state index is -3.01. The molecule has 0 atom stereocenters. The second-order valence-corrected chi connectivity index (χ2v) is 7.24. The van der Waals surface area contributed by atoms with Crippen molar-refractivity contribution < 1.29 is 23.0 Å². The summed E-state index contributed by atoms with van der Waals surface area (Å²) in [4.78, 5) is 6.20. The van der Waals surface area contributed by atoms with Crippen LogP contribution >= 0.6 is 11.8 Å². The number of benzene rings is 1. The third-order valence-corrected chi connectivity index (χ3v) is 5.13. The van der Waals surface area contributed by atoms with Crippen molar-refractivity contribution in [2.24, 2.45) is 0 Å². The van der Waals surface area contributed by atoms with Gasteiger partial charge in [-0.1, -0.05) is 23.9 Å². The van der Waals surface area contributed by atoms with Crippen LogP contribution in [0.2, 0.25) is 0 Å². The number of nitrogens with zero attached hydrogens (tertiary/aromatic N) is 1. The number of rotatable bonds is 8. The third-order valence-electron chi connectivity index (χ3n) is 3.86. The van der Waals surface area contributed by atoms with Crippen LogP contribution in [0.1, 0.15) is 25.1 Å². The Bertz CT molecular complexity index is 862. The van der Waals surface area contributed by atoms with Crippen LogP contribution < -0.4 is 4.74 Å². The van der Waals surface area contributed by atoms with Gasteiger partial charge >= 0.3 is 6.61 Å². The number of hydrogen-bond donors (Lipinski definition) is 1. The second-order valence-electron chi connectivity index (χ2n) is 5.99. The van der Waals surface area contributed by atoms with Crippen LogP contribution in [0.4, 0.5) is 13.2 Å². The summed E-state index contributed by atoms with van der Waals surface area (Å²) in [7, 11) is 0. The predicted octanol–water partition coefficient (Wildman–Crippen LogP) is 5.87. The maximum absolute atomic E-state index is 13.8. The Morgan fingerprint density at radius 1 is 1.18 bits per heavy atom. The van der Waals surface area contributed by atoms with Crippen molar-refractivity contribution in [3.63, 3.8) is 0 Å². The zero-order valence-corrected chi connectivity index (χ0v) is 16.7. The van der Waals surface area contributed by atoms with Crippen molar-refractivity contribution in [1.82, 2.24) is 4.98 Å². The molecule has 0 radical (unpaired) electrons. The van der Waals surface area contributed by atoms with E-state index in [2.05, 4.69) is 9.72 Å². The van der Waals surface area contributed by atoms with Crippen LogP contribution in [0.3, 0.4) is 0 Å². The number of halogens is 3. The van der Waals surface area contributed by atoms with Crippen LogP contribution in [0.5, 0.6) is 5.75 Å². The van der Waals surface area contributed by atoms with Crippen molar-refractivity contribution in [2.75, 3.05) is 6.61 Å². The molecule has 1 aromatic heterocycles. The number of aliphatic hydroxyl groups excluding tert-OH is 1. The molecule has 0 unspecified atom stereocenters. The van der Waals surface area contributed by atoms with Crippen LogP contribution in [-0.2, 0) is 6.42 Å². The van der Waals surface area contributed by atoms with Crippen molar-refractivity contribution in [1.29, 1.82) is 0 Å². The van der Waals surface area contributed by atoms with E-state index in [0.717, 1.165) is 9.81 Å². The molecular formula is C21H22F3NO2S. The van der Waals surface area contributed by atoms with Gasteiger partial charge in [0.15, 0.2) is 5.75 Å². The van der Waals surface area contributed by atoms with Crippen molar-refractivity contribution in [3.8, 4) is 17.0 Å². The lowest BCUT2D eigenvalue weighted by Gasteiger charge is -2.14. The SMILES string of the molecule is C/C=C(/CO)S/C(=C\C)Cc1ccc(OC(F)F)c(-c2cc(C)cc(F)c2)n1. The van der Waals surface area contributed by atoms with E-state index in [4.69, 9.17) is 0 Å². The first kappa shape index (κ1) is 22.0. The smallest absolute Gasteiger partial charge is 0.387 e. The second kappa shape index (κ2) is 10.3. The van der Waals surface area contributed by atoms with Gasteiger partial charge in [-0.15, -0.1) is 0 Å². The molecule has 1 heterocycles. The van der Waals surface area contributed by atoms with E-state index < -0.39 is 12.4 Å². The molecule has 1 N–H and O–H groups in total. The molecule has 1 aromatic carbocycles. The summed E-state index contributed by atoms with van der Waals surface area (Å²) >= 11 is 1.43. The zero-order chi connectivity index (χ0) is 20.7. The van der Waals surface area contributed by atoms with E-state index in [-0.39, 0.29) is 18.1 Å². The highest BCUT2D eigenvalue weighted by Gasteiger charge is 2.16. The first-order valence-corrected chi connectivity index (χ1v) is 9.49. The quantitative estimate of drug-likeness (QED) is 0.592. The number of ether oxygens (including phenoxy) is 1. The van der Waals surface area contributed by atoms with Gasteiger partial charge in [0, 0.05) is 22.6 Å². The highest BCUT2D eigenvalue weighted by atomic mass is 32.2. The molecule has 0 bridgehead atoms. The molecule has 0 saturated carbocycles. The Kier molecular flexibility index (Phi) is 8.14. The molecule has 0 aliphatic heterocycles. The molecule has 0 amide bonds. The molecule has 3 nitrogen and oxygen atoms in total. The van der Waals surface area contributed by atoms with Gasteiger partial charge in [-0.2, -0.15) is 8.78 Å². The average Bonchev–Trinajstić information content (AvgIpc) is 2.65. The minimum Gasteiger partial charge on any atom is -0.432 e. The number of aryl methyl sites for hydroxylation is 1. The van der Waals surface area contributed by atoms with Crippen LogP contribution in [-0.4, -0.2) is 23.3 Å². The minimum absolute atomic E-state index is 0.0685. The standard InChI is InChI=1S/C21H22F3NO2S/c1-4-17(28-18(5-2)12-26)11-16-6-7-19(27-21(23)24)20(25-16)14-8-13(3)9-15(22)10-14/h4-10,21,26H,11-12H2,1-3H3/b17-4-,18-5-. The summed E-state index contributed by atoms with van der Waals surface area (Å²) in [5, 5.41) is 9.35. The number of allylic oxidation sites excluding steroid dienone is 3. The lowest BCUT2D eigenvalue weighted by molar-refractivity contribution is -0.0496. The molecule has 2 aromatic rings. The van der Waals surface area contributed by atoms with Gasteiger partial charge in [0.2, 0.25) is 0 Å². The highest BCUT2D eigenvalue weighted by Crippen LogP contribution is 2.33. The maximum atomic E-state index is 13.8. The van der Waals surface area contributed by atoms with E-state index in [1.807, 2.05) is 26.0 Å². The van der Waals surface area contributed by atoms with Crippen molar-refractivity contribution >= 4 is 11.8 Å². The van der Waals surface area contributed by atoms with Gasteiger partial charge in [-0.25, -0.2) is 9.37 Å². The van der Waals surface area contributed by atoms with Gasteiger partial charge in [-0.05, 0) is 61.6 Å². The van der Waals surface area contributed by atoms with E-state index in [0.29, 0.717) is 23.2 Å². The molecule has 0 saturated heterocycles. The number of aliphatic hydroxyl groups is 1. The number of thioether (sulfide) groups is 1. The summed E-state index contributed by atoms with van der Waals surface area (Å²) < 4.78 is 44.0. The largest absolute Gasteiger partial charge is 0.432 e. The van der Waals surface area contributed by atoms with Crippen molar-refractivity contribution in [2.45, 2.75) is 33.8 Å². The van der Waals surface area contributed by atoms with E-state index in [9.17, 15) is 18.3 Å². The van der Waals surface area contributed by atoms with Crippen LogP contribution in [0.25, 0.3) is 11.3 Å². The molecule has 0 spiro atoms. The fourth-order valence-electron chi connectivity index (χ4n) is 2.58. The first-order valence-electron chi connectivity index (χ1n) is 8.67. The van der Waals surface area contributed by atoms with E-state index >= 15 is 0 Å². The summed E-state index contributed by atoms with van der Waals surface area (Å²) in [6.45, 7) is 2.35. The number of pyridine rings is 1. The average molecular weight is 409 g/mol. The molecular weight excluding hydrogens is 387 g/mol. The number of alkyl halides is 2. The van der Waals surface area contributed by atoms with Crippen LogP contribution in [0.15, 0.2) is 52.3 Å². The monoisotopic (exact) mass is 409 g/mol. The molecule has 0 aliphatic carbocycles. The summed E-state index contributed by atoms with van der Waals surface area (Å²) in [6.07, 6.45) is 4.16. The maximum Gasteiger partial charge on any atom is 0.387 e. The normalized spacial score (nSPS) is 12.6. The Morgan fingerprint density at radius 3 is 2.46 bits per heavy atom. The van der Waals surface area contributed by atoms with Gasteiger partial charge in [-0.3, -0.25) is 0 Å². The molecule has 2 rings (SSSR count). The molecule has 0 aliphatic rings. The Morgan fingerprint density at radius 2 is 1.89 bits per heavy atom. The molecule has 28 heavy (non-hydrogen) atoms. The third kappa shape index (κ3) is 6.14. The Balaban J connectivity index is 2.42. The highest BCUT2D eigenvalue weighted by molar-refractivity contribution is 8.06. The molecule has 7 heteroatoms. The van der Waals surface area contributed by atoms with Crippen molar-refractivity contribution in [3.05, 3.63) is 69.4 Å². The van der Waals surface area contributed by atoms with Gasteiger partial charge < -0.3 is 9.84 Å². The van der Waals surface area contributed by atoms with Crippen LogP contribution in [0, 0.1) is 12.7 Å². The lowest BCUT2D eigenvalue weighted by Crippen LogP contribution is -2.05. The van der Waals surface area contributed by atoms with E-state index in [1.165, 1.54) is 30.0 Å². The predicted molar refractivity (Wildman–Crippen MR) is 107 cm³/mol.